The van der Waals surface area contributed by atoms with Gasteiger partial charge in [-0.3, -0.25) is 4.79 Å². The van der Waals surface area contributed by atoms with E-state index in [4.69, 9.17) is 0 Å². The molecule has 0 radical (unpaired) electrons. The zero-order valence-corrected chi connectivity index (χ0v) is 12.7. The average Bonchev–Trinajstić information content (AvgIpc) is 2.84. The summed E-state index contributed by atoms with van der Waals surface area (Å²) >= 11 is 3.44. The van der Waals surface area contributed by atoms with Crippen molar-refractivity contribution >= 4 is 38.4 Å². The van der Waals surface area contributed by atoms with Crippen LogP contribution in [0.3, 0.4) is 0 Å². The van der Waals surface area contributed by atoms with Gasteiger partial charge in [0.15, 0.2) is 0 Å². The first-order valence-electron chi connectivity index (χ1n) is 6.45. The van der Waals surface area contributed by atoms with E-state index in [-0.39, 0.29) is 18.2 Å². The minimum Gasteiger partial charge on any atom is -0.508 e. The number of aromatic hydroxyl groups is 1. The van der Waals surface area contributed by atoms with E-state index < -0.39 is 0 Å². The van der Waals surface area contributed by atoms with Gasteiger partial charge in [-0.1, -0.05) is 22.0 Å². The molecule has 106 valence electrons. The van der Waals surface area contributed by atoms with Crippen LogP contribution in [-0.2, 0) is 11.3 Å². The van der Waals surface area contributed by atoms with E-state index in [2.05, 4.69) is 21.2 Å². The zero-order chi connectivity index (χ0) is 14.8. The summed E-state index contributed by atoms with van der Waals surface area (Å²) < 4.78 is 2.88. The average molecular weight is 345 g/mol. The van der Waals surface area contributed by atoms with Crippen molar-refractivity contribution in [2.45, 2.75) is 6.54 Å². The molecule has 1 heterocycles. The number of phenolic OH excluding ortho intramolecular Hbond substituents is 1. The van der Waals surface area contributed by atoms with Gasteiger partial charge in [0.1, 0.15) is 12.3 Å². The SMILES string of the molecule is O=C(Cn1ccc2ccc(Br)cc21)Nc1ccc(O)cc1. The minimum absolute atomic E-state index is 0.113. The topological polar surface area (TPSA) is 54.3 Å². The predicted molar refractivity (Wildman–Crippen MR) is 86.4 cm³/mol. The Bertz CT molecular complexity index is 794. The Morgan fingerprint density at radius 3 is 2.67 bits per heavy atom. The molecule has 2 aromatic carbocycles. The van der Waals surface area contributed by atoms with E-state index in [0.717, 1.165) is 15.4 Å². The van der Waals surface area contributed by atoms with Gasteiger partial charge in [-0.15, -0.1) is 0 Å². The molecule has 1 amide bonds. The van der Waals surface area contributed by atoms with E-state index in [1.54, 1.807) is 12.1 Å². The summed E-state index contributed by atoms with van der Waals surface area (Å²) in [5.41, 5.74) is 1.67. The number of anilines is 1. The van der Waals surface area contributed by atoms with Gasteiger partial charge in [0.05, 0.1) is 0 Å². The summed E-state index contributed by atoms with van der Waals surface area (Å²) in [6, 6.07) is 14.4. The van der Waals surface area contributed by atoms with Gasteiger partial charge < -0.3 is 15.0 Å². The highest BCUT2D eigenvalue weighted by atomic mass is 79.9. The van der Waals surface area contributed by atoms with Gasteiger partial charge in [-0.05, 0) is 47.9 Å². The molecule has 0 aliphatic heterocycles. The molecule has 1 aromatic heterocycles. The van der Waals surface area contributed by atoms with Crippen molar-refractivity contribution in [3.8, 4) is 5.75 Å². The van der Waals surface area contributed by atoms with Crippen LogP contribution in [0.1, 0.15) is 0 Å². The number of fused-ring (bicyclic) bond motifs is 1. The molecule has 0 aliphatic carbocycles. The first kappa shape index (κ1) is 13.7. The zero-order valence-electron chi connectivity index (χ0n) is 11.1. The lowest BCUT2D eigenvalue weighted by Crippen LogP contribution is -2.18. The number of nitrogens with zero attached hydrogens (tertiary/aromatic N) is 1. The first-order valence-corrected chi connectivity index (χ1v) is 7.24. The fourth-order valence-electron chi connectivity index (χ4n) is 2.19. The van der Waals surface area contributed by atoms with Gasteiger partial charge in [0.2, 0.25) is 5.91 Å². The number of rotatable bonds is 3. The number of aromatic nitrogens is 1. The Balaban J connectivity index is 1.77. The van der Waals surface area contributed by atoms with Crippen LogP contribution in [0, 0.1) is 0 Å². The number of halogens is 1. The summed E-state index contributed by atoms with van der Waals surface area (Å²) in [6.45, 7) is 0.237. The number of phenols is 1. The molecule has 0 aliphatic rings. The molecule has 0 saturated carbocycles. The number of carbonyl (C=O) groups is 1. The molecule has 3 rings (SSSR count). The number of hydrogen-bond donors (Lipinski definition) is 2. The van der Waals surface area contributed by atoms with E-state index in [9.17, 15) is 9.90 Å². The Hall–Kier alpha value is -2.27. The quantitative estimate of drug-likeness (QED) is 0.711. The van der Waals surface area contributed by atoms with Crippen LogP contribution in [-0.4, -0.2) is 15.6 Å². The van der Waals surface area contributed by atoms with Crippen LogP contribution in [0.15, 0.2) is 59.2 Å². The predicted octanol–water partition coefficient (Wildman–Crippen LogP) is 3.75. The number of nitrogens with one attached hydrogen (secondary N) is 1. The molecular weight excluding hydrogens is 332 g/mol. The van der Waals surface area contributed by atoms with Crippen LogP contribution in [0.4, 0.5) is 5.69 Å². The molecule has 0 atom stereocenters. The van der Waals surface area contributed by atoms with E-state index in [1.807, 2.05) is 35.0 Å². The molecule has 0 fully saturated rings. The molecular formula is C16H13BrN2O2. The van der Waals surface area contributed by atoms with Crippen molar-refractivity contribution in [2.24, 2.45) is 0 Å². The second-order valence-corrected chi connectivity index (χ2v) is 5.66. The lowest BCUT2D eigenvalue weighted by atomic mass is 10.2. The maximum absolute atomic E-state index is 12.1. The fourth-order valence-corrected chi connectivity index (χ4v) is 2.54. The van der Waals surface area contributed by atoms with Crippen molar-refractivity contribution in [1.82, 2.24) is 4.57 Å². The highest BCUT2D eigenvalue weighted by Gasteiger charge is 2.07. The monoisotopic (exact) mass is 344 g/mol. The summed E-state index contributed by atoms with van der Waals surface area (Å²) in [4.78, 5) is 12.1. The van der Waals surface area contributed by atoms with Crippen LogP contribution in [0.25, 0.3) is 10.9 Å². The second-order valence-electron chi connectivity index (χ2n) is 4.74. The van der Waals surface area contributed by atoms with Gasteiger partial charge in [0.25, 0.3) is 0 Å². The normalized spacial score (nSPS) is 10.7. The Labute approximate surface area is 130 Å². The molecule has 0 spiro atoms. The molecule has 21 heavy (non-hydrogen) atoms. The maximum atomic E-state index is 12.1. The highest BCUT2D eigenvalue weighted by Crippen LogP contribution is 2.21. The summed E-state index contributed by atoms with van der Waals surface area (Å²) in [6.07, 6.45) is 1.90. The largest absolute Gasteiger partial charge is 0.508 e. The smallest absolute Gasteiger partial charge is 0.244 e. The van der Waals surface area contributed by atoms with Crippen LogP contribution < -0.4 is 5.32 Å². The van der Waals surface area contributed by atoms with Gasteiger partial charge >= 0.3 is 0 Å². The minimum atomic E-state index is -0.113. The third kappa shape index (κ3) is 3.08. The molecule has 2 N–H and O–H groups in total. The molecule has 0 saturated heterocycles. The van der Waals surface area contributed by atoms with Crippen LogP contribution in [0.2, 0.25) is 0 Å². The third-order valence-electron chi connectivity index (χ3n) is 3.20. The second kappa shape index (κ2) is 5.61. The summed E-state index contributed by atoms with van der Waals surface area (Å²) in [5, 5.41) is 13.1. The third-order valence-corrected chi connectivity index (χ3v) is 3.69. The van der Waals surface area contributed by atoms with Crippen molar-refractivity contribution < 1.29 is 9.90 Å². The Kier molecular flexibility index (Phi) is 3.66. The standard InChI is InChI=1S/C16H13BrN2O2/c17-12-2-1-11-7-8-19(15(11)9-12)10-16(21)18-13-3-5-14(20)6-4-13/h1-9,20H,10H2,(H,18,21). The molecule has 4 nitrogen and oxygen atoms in total. The highest BCUT2D eigenvalue weighted by molar-refractivity contribution is 9.10. The Morgan fingerprint density at radius 1 is 1.14 bits per heavy atom. The van der Waals surface area contributed by atoms with Crippen molar-refractivity contribution in [3.63, 3.8) is 0 Å². The van der Waals surface area contributed by atoms with Crippen LogP contribution >= 0.6 is 15.9 Å². The van der Waals surface area contributed by atoms with Crippen molar-refractivity contribution in [2.75, 3.05) is 5.32 Å². The van der Waals surface area contributed by atoms with Crippen LogP contribution in [0.5, 0.6) is 5.75 Å². The molecule has 5 heteroatoms. The number of carbonyl (C=O) groups excluding carboxylic acids is 1. The van der Waals surface area contributed by atoms with E-state index >= 15 is 0 Å². The lowest BCUT2D eigenvalue weighted by Gasteiger charge is -2.08. The van der Waals surface area contributed by atoms with Gasteiger partial charge in [-0.25, -0.2) is 0 Å². The van der Waals surface area contributed by atoms with Crippen molar-refractivity contribution in [1.29, 1.82) is 0 Å². The number of hydrogen-bond acceptors (Lipinski definition) is 2. The van der Waals surface area contributed by atoms with Gasteiger partial charge in [-0.2, -0.15) is 0 Å². The number of amides is 1. The van der Waals surface area contributed by atoms with Crippen molar-refractivity contribution in [3.05, 3.63) is 59.2 Å². The van der Waals surface area contributed by atoms with E-state index in [1.165, 1.54) is 12.1 Å². The first-order chi connectivity index (χ1) is 10.1. The fraction of sp³-hybridized carbons (Fsp3) is 0.0625. The molecule has 0 unspecified atom stereocenters. The molecule has 3 aromatic rings. The lowest BCUT2D eigenvalue weighted by molar-refractivity contribution is -0.116. The summed E-state index contributed by atoms with van der Waals surface area (Å²) in [5.74, 6) is 0.0624. The van der Waals surface area contributed by atoms with Gasteiger partial charge in [0, 0.05) is 21.9 Å². The summed E-state index contributed by atoms with van der Waals surface area (Å²) in [7, 11) is 0. The Morgan fingerprint density at radius 2 is 1.90 bits per heavy atom. The maximum Gasteiger partial charge on any atom is 0.244 e. The number of benzene rings is 2. The molecule has 0 bridgehead atoms. The van der Waals surface area contributed by atoms with E-state index in [0.29, 0.717) is 5.69 Å².